The van der Waals surface area contributed by atoms with Crippen molar-refractivity contribution < 1.29 is 12.8 Å². The molecule has 0 atom stereocenters. The molecule has 0 aliphatic heterocycles. The number of rotatable bonds is 7. The monoisotopic (exact) mass is 300 g/mol. The third-order valence-electron chi connectivity index (χ3n) is 2.81. The van der Waals surface area contributed by atoms with Gasteiger partial charge in [0.2, 0.25) is 10.0 Å². The molecule has 0 radical (unpaired) electrons. The van der Waals surface area contributed by atoms with Gasteiger partial charge in [0.05, 0.1) is 4.90 Å². The lowest BCUT2D eigenvalue weighted by molar-refractivity contribution is 0.498. The van der Waals surface area contributed by atoms with Crippen LogP contribution in [0.4, 0.5) is 4.39 Å². The molecule has 0 saturated heterocycles. The van der Waals surface area contributed by atoms with E-state index in [1.807, 2.05) is 13.8 Å². The summed E-state index contributed by atoms with van der Waals surface area (Å²) in [5.74, 6) is -0.413. The van der Waals surface area contributed by atoms with Crippen molar-refractivity contribution in [2.75, 3.05) is 13.6 Å². The second-order valence-corrected chi connectivity index (χ2v) is 6.91. The maximum Gasteiger partial charge on any atom is 0.243 e. The molecule has 0 bridgehead atoms. The summed E-state index contributed by atoms with van der Waals surface area (Å²) >= 11 is 0. The van der Waals surface area contributed by atoms with Crippen LogP contribution in [-0.2, 0) is 16.6 Å². The van der Waals surface area contributed by atoms with Crippen LogP contribution in [0.2, 0.25) is 0 Å². The zero-order valence-electron chi connectivity index (χ0n) is 12.1. The van der Waals surface area contributed by atoms with Crippen LogP contribution in [0.3, 0.4) is 0 Å². The molecule has 1 aromatic carbocycles. The summed E-state index contributed by atoms with van der Waals surface area (Å²) in [5, 5.41) is 3.07. The molecule has 0 saturated carbocycles. The van der Waals surface area contributed by atoms with Crippen molar-refractivity contribution >= 4 is 10.0 Å². The molecule has 112 valence electrons. The number of benzene rings is 1. The zero-order chi connectivity index (χ0) is 15.3. The van der Waals surface area contributed by atoms with Gasteiger partial charge in [-0.05, 0) is 18.2 Å². The highest BCUT2D eigenvalue weighted by Gasteiger charge is 2.20. The van der Waals surface area contributed by atoms with Crippen LogP contribution in [0.5, 0.6) is 0 Å². The predicted molar refractivity (Wildman–Crippen MR) is 78.4 cm³/mol. The van der Waals surface area contributed by atoms with Crippen LogP contribution in [0.1, 0.15) is 19.4 Å². The SMILES string of the molecule is C=CCN(C)S(=O)(=O)c1ccc(F)c(CNC(C)C)c1. The van der Waals surface area contributed by atoms with Gasteiger partial charge in [-0.25, -0.2) is 12.8 Å². The second kappa shape index (κ2) is 6.97. The highest BCUT2D eigenvalue weighted by atomic mass is 32.2. The Labute approximate surface area is 120 Å². The normalized spacial score (nSPS) is 12.1. The second-order valence-electron chi connectivity index (χ2n) is 4.86. The molecule has 1 rings (SSSR count). The molecule has 4 nitrogen and oxygen atoms in total. The van der Waals surface area contributed by atoms with Crippen molar-refractivity contribution in [2.45, 2.75) is 31.3 Å². The Hall–Kier alpha value is -1.24. The first-order chi connectivity index (χ1) is 9.28. The van der Waals surface area contributed by atoms with Crippen molar-refractivity contribution in [3.63, 3.8) is 0 Å². The van der Waals surface area contributed by atoms with Crippen LogP contribution in [0, 0.1) is 5.82 Å². The fraction of sp³-hybridized carbons (Fsp3) is 0.429. The Kier molecular flexibility index (Phi) is 5.86. The summed E-state index contributed by atoms with van der Waals surface area (Å²) in [6.45, 7) is 7.89. The Morgan fingerprint density at radius 2 is 2.10 bits per heavy atom. The fourth-order valence-electron chi connectivity index (χ4n) is 1.62. The maximum absolute atomic E-state index is 13.7. The molecule has 6 heteroatoms. The number of likely N-dealkylation sites (N-methyl/N-ethyl adjacent to an activating group) is 1. The third-order valence-corrected chi connectivity index (χ3v) is 4.63. The van der Waals surface area contributed by atoms with E-state index in [0.717, 1.165) is 0 Å². The van der Waals surface area contributed by atoms with E-state index in [2.05, 4.69) is 11.9 Å². The van der Waals surface area contributed by atoms with E-state index < -0.39 is 15.8 Å². The van der Waals surface area contributed by atoms with E-state index in [1.54, 1.807) is 0 Å². The van der Waals surface area contributed by atoms with Crippen molar-refractivity contribution in [1.29, 1.82) is 0 Å². The molecule has 0 aliphatic rings. The van der Waals surface area contributed by atoms with E-state index in [1.165, 1.54) is 35.6 Å². The Balaban J connectivity index is 3.08. The lowest BCUT2D eigenvalue weighted by Gasteiger charge is -2.16. The molecule has 1 N–H and O–H groups in total. The summed E-state index contributed by atoms with van der Waals surface area (Å²) in [4.78, 5) is 0.0869. The molecule has 20 heavy (non-hydrogen) atoms. The summed E-state index contributed by atoms with van der Waals surface area (Å²) in [5.41, 5.74) is 0.340. The van der Waals surface area contributed by atoms with Gasteiger partial charge >= 0.3 is 0 Å². The molecule has 1 aromatic rings. The number of nitrogens with zero attached hydrogens (tertiary/aromatic N) is 1. The minimum atomic E-state index is -3.61. The minimum Gasteiger partial charge on any atom is -0.310 e. The molecular formula is C14H21FN2O2S. The lowest BCUT2D eigenvalue weighted by Crippen LogP contribution is -2.27. The fourth-order valence-corrected chi connectivity index (χ4v) is 2.81. The van der Waals surface area contributed by atoms with Gasteiger partial charge in [0.25, 0.3) is 0 Å². The summed E-state index contributed by atoms with van der Waals surface area (Å²) in [6.07, 6.45) is 1.50. The van der Waals surface area contributed by atoms with Gasteiger partial charge in [-0.3, -0.25) is 0 Å². The summed E-state index contributed by atoms with van der Waals surface area (Å²) < 4.78 is 39.4. The van der Waals surface area contributed by atoms with E-state index in [0.29, 0.717) is 5.56 Å². The van der Waals surface area contributed by atoms with E-state index >= 15 is 0 Å². The van der Waals surface area contributed by atoms with Gasteiger partial charge in [-0.2, -0.15) is 4.31 Å². The minimum absolute atomic E-state index is 0.0869. The molecular weight excluding hydrogens is 279 g/mol. The predicted octanol–water partition coefficient (Wildman–Crippen LogP) is 2.13. The van der Waals surface area contributed by atoms with Gasteiger partial charge in [-0.15, -0.1) is 6.58 Å². The average molecular weight is 300 g/mol. The van der Waals surface area contributed by atoms with E-state index in [-0.39, 0.29) is 24.0 Å². The molecule has 0 fully saturated rings. The number of sulfonamides is 1. The zero-order valence-corrected chi connectivity index (χ0v) is 12.9. The largest absolute Gasteiger partial charge is 0.310 e. The Morgan fingerprint density at radius 1 is 1.45 bits per heavy atom. The van der Waals surface area contributed by atoms with Gasteiger partial charge in [-0.1, -0.05) is 19.9 Å². The number of hydrogen-bond donors (Lipinski definition) is 1. The molecule has 0 heterocycles. The van der Waals surface area contributed by atoms with Gasteiger partial charge in [0.1, 0.15) is 5.82 Å². The topological polar surface area (TPSA) is 49.4 Å². The first kappa shape index (κ1) is 16.8. The quantitative estimate of drug-likeness (QED) is 0.785. The van der Waals surface area contributed by atoms with Gasteiger partial charge < -0.3 is 5.32 Å². The van der Waals surface area contributed by atoms with Crippen LogP contribution < -0.4 is 5.32 Å². The van der Waals surface area contributed by atoms with E-state index in [4.69, 9.17) is 0 Å². The number of nitrogens with one attached hydrogen (secondary N) is 1. The smallest absolute Gasteiger partial charge is 0.243 e. The first-order valence-corrected chi connectivity index (χ1v) is 7.82. The van der Waals surface area contributed by atoms with Gasteiger partial charge in [0, 0.05) is 31.7 Å². The lowest BCUT2D eigenvalue weighted by atomic mass is 10.2. The molecule has 0 amide bonds. The Bertz CT molecular complexity index is 571. The standard InChI is InChI=1S/C14H21FN2O2S/c1-5-8-17(4)20(18,19)13-6-7-14(15)12(9-13)10-16-11(2)3/h5-7,9,11,16H,1,8,10H2,2-4H3. The van der Waals surface area contributed by atoms with Crippen LogP contribution in [0.15, 0.2) is 35.7 Å². The third kappa shape index (κ3) is 4.13. The summed E-state index contributed by atoms with van der Waals surface area (Å²) in [6, 6.07) is 4.03. The Morgan fingerprint density at radius 3 is 2.65 bits per heavy atom. The van der Waals surface area contributed by atoms with E-state index in [9.17, 15) is 12.8 Å². The number of hydrogen-bond acceptors (Lipinski definition) is 3. The van der Waals surface area contributed by atoms with Crippen molar-refractivity contribution in [3.8, 4) is 0 Å². The highest BCUT2D eigenvalue weighted by Crippen LogP contribution is 2.18. The number of halogens is 1. The molecule has 0 aliphatic carbocycles. The van der Waals surface area contributed by atoms with Crippen LogP contribution >= 0.6 is 0 Å². The van der Waals surface area contributed by atoms with Crippen molar-refractivity contribution in [1.82, 2.24) is 9.62 Å². The first-order valence-electron chi connectivity index (χ1n) is 6.38. The van der Waals surface area contributed by atoms with Crippen LogP contribution in [0.25, 0.3) is 0 Å². The molecule has 0 unspecified atom stereocenters. The maximum atomic E-state index is 13.7. The molecule has 0 spiro atoms. The van der Waals surface area contributed by atoms with Crippen molar-refractivity contribution in [2.24, 2.45) is 0 Å². The highest BCUT2D eigenvalue weighted by molar-refractivity contribution is 7.89. The molecule has 0 aromatic heterocycles. The average Bonchev–Trinajstić information content (AvgIpc) is 2.37. The summed E-state index contributed by atoms with van der Waals surface area (Å²) in [7, 11) is -2.15. The van der Waals surface area contributed by atoms with Crippen molar-refractivity contribution in [3.05, 3.63) is 42.2 Å². The van der Waals surface area contributed by atoms with Crippen LogP contribution in [-0.4, -0.2) is 32.4 Å². The van der Waals surface area contributed by atoms with Gasteiger partial charge in [0.15, 0.2) is 0 Å².